The highest BCUT2D eigenvalue weighted by atomic mass is 32.1. The van der Waals surface area contributed by atoms with Gasteiger partial charge in [0.05, 0.1) is 5.56 Å². The first-order valence-corrected chi connectivity index (χ1v) is 3.56. The Hall–Kier alpha value is -1.22. The first kappa shape index (κ1) is 9.86. The summed E-state index contributed by atoms with van der Waals surface area (Å²) in [6, 6.07) is 2.69. The van der Waals surface area contributed by atoms with E-state index in [1.807, 2.05) is 0 Å². The van der Waals surface area contributed by atoms with E-state index in [0.29, 0.717) is 0 Å². The van der Waals surface area contributed by atoms with Gasteiger partial charge in [0.15, 0.2) is 5.69 Å². The zero-order valence-corrected chi connectivity index (χ0v) is 7.02. The van der Waals surface area contributed by atoms with Crippen LogP contribution in [0.5, 0.6) is 0 Å². The maximum absolute atomic E-state index is 12.1. The Bertz CT molecular complexity index is 367. The highest BCUT2D eigenvalue weighted by molar-refractivity contribution is 7.80. The topological polar surface area (TPSA) is 36.7 Å². The molecule has 0 radical (unpaired) electrons. The molecule has 0 saturated heterocycles. The Morgan fingerprint density at radius 2 is 2.08 bits per heavy atom. The van der Waals surface area contributed by atoms with Gasteiger partial charge in [0.1, 0.15) is 6.07 Å². The second-order valence-electron chi connectivity index (χ2n) is 2.20. The van der Waals surface area contributed by atoms with Crippen LogP contribution >= 0.6 is 12.6 Å². The SMILES string of the molecule is N#Cc1cnc(C(F)(F)F)c(S)c1. The number of hydrogen-bond donors (Lipinski definition) is 1. The number of alkyl halides is 3. The van der Waals surface area contributed by atoms with Crippen molar-refractivity contribution < 1.29 is 13.2 Å². The van der Waals surface area contributed by atoms with Crippen molar-refractivity contribution in [2.45, 2.75) is 11.1 Å². The van der Waals surface area contributed by atoms with Crippen molar-refractivity contribution in [3.63, 3.8) is 0 Å². The molecule has 0 aliphatic rings. The van der Waals surface area contributed by atoms with Crippen molar-refractivity contribution in [2.24, 2.45) is 0 Å². The molecule has 0 aliphatic heterocycles. The maximum Gasteiger partial charge on any atom is 0.434 e. The molecule has 0 aromatic carbocycles. The van der Waals surface area contributed by atoms with Gasteiger partial charge in [0.25, 0.3) is 0 Å². The van der Waals surface area contributed by atoms with Gasteiger partial charge in [0, 0.05) is 11.1 Å². The van der Waals surface area contributed by atoms with Crippen LogP contribution in [-0.4, -0.2) is 4.98 Å². The minimum atomic E-state index is -4.52. The van der Waals surface area contributed by atoms with E-state index in [2.05, 4.69) is 17.6 Å². The van der Waals surface area contributed by atoms with Gasteiger partial charge in [-0.2, -0.15) is 18.4 Å². The molecule has 2 nitrogen and oxygen atoms in total. The predicted octanol–water partition coefficient (Wildman–Crippen LogP) is 2.26. The average molecular weight is 204 g/mol. The highest BCUT2D eigenvalue weighted by Crippen LogP contribution is 2.31. The van der Waals surface area contributed by atoms with Gasteiger partial charge in [-0.15, -0.1) is 12.6 Å². The van der Waals surface area contributed by atoms with Crippen molar-refractivity contribution in [1.82, 2.24) is 4.98 Å². The van der Waals surface area contributed by atoms with Crippen molar-refractivity contribution in [3.8, 4) is 6.07 Å². The summed E-state index contributed by atoms with van der Waals surface area (Å²) < 4.78 is 36.3. The van der Waals surface area contributed by atoms with E-state index < -0.39 is 11.9 Å². The lowest BCUT2D eigenvalue weighted by Gasteiger charge is -2.07. The number of thiol groups is 1. The zero-order chi connectivity index (χ0) is 10.1. The average Bonchev–Trinajstić information content (AvgIpc) is 2.01. The van der Waals surface area contributed by atoms with Crippen LogP contribution in [-0.2, 0) is 6.18 Å². The third-order valence-corrected chi connectivity index (χ3v) is 1.61. The smallest absolute Gasteiger partial charge is 0.249 e. The molecule has 0 aliphatic carbocycles. The number of nitrogens with zero attached hydrogens (tertiary/aromatic N) is 2. The van der Waals surface area contributed by atoms with E-state index in [4.69, 9.17) is 5.26 Å². The lowest BCUT2D eigenvalue weighted by molar-refractivity contribution is -0.143. The van der Waals surface area contributed by atoms with Crippen LogP contribution in [0.15, 0.2) is 17.2 Å². The summed E-state index contributed by atoms with van der Waals surface area (Å²) in [5.74, 6) is 0. The number of aromatic nitrogens is 1. The van der Waals surface area contributed by atoms with Gasteiger partial charge in [-0.1, -0.05) is 0 Å². The lowest BCUT2D eigenvalue weighted by atomic mass is 10.2. The third-order valence-electron chi connectivity index (χ3n) is 1.27. The van der Waals surface area contributed by atoms with E-state index in [1.54, 1.807) is 6.07 Å². The fourth-order valence-electron chi connectivity index (χ4n) is 0.733. The molecule has 0 spiro atoms. The fraction of sp³-hybridized carbons (Fsp3) is 0.143. The molecule has 0 saturated carbocycles. The summed E-state index contributed by atoms with van der Waals surface area (Å²) in [7, 11) is 0. The molecule has 0 fully saturated rings. The Morgan fingerprint density at radius 3 is 2.46 bits per heavy atom. The van der Waals surface area contributed by atoms with E-state index in [0.717, 1.165) is 12.3 Å². The standard InChI is InChI=1S/C7H3F3N2S/c8-7(9,10)6-5(13)1-4(2-11)3-12-6/h1,3,13H. The summed E-state index contributed by atoms with van der Waals surface area (Å²) >= 11 is 3.58. The monoisotopic (exact) mass is 204 g/mol. The maximum atomic E-state index is 12.1. The third kappa shape index (κ3) is 2.12. The van der Waals surface area contributed by atoms with Crippen LogP contribution in [0.3, 0.4) is 0 Å². The molecule has 1 aromatic rings. The summed E-state index contributed by atoms with van der Waals surface area (Å²) in [5, 5.41) is 8.35. The molecule has 0 amide bonds. The number of nitriles is 1. The van der Waals surface area contributed by atoms with Crippen LogP contribution in [0, 0.1) is 11.3 Å². The molecule has 0 unspecified atom stereocenters. The molecule has 1 aromatic heterocycles. The summed E-state index contributed by atoms with van der Waals surface area (Å²) in [5.41, 5.74) is -1.02. The fourth-order valence-corrected chi connectivity index (χ4v) is 1.06. The molecule has 6 heteroatoms. The van der Waals surface area contributed by atoms with E-state index in [-0.39, 0.29) is 10.5 Å². The van der Waals surface area contributed by atoms with Crippen LogP contribution in [0.1, 0.15) is 11.3 Å². The largest absolute Gasteiger partial charge is 0.434 e. The van der Waals surface area contributed by atoms with Crippen LogP contribution in [0.4, 0.5) is 13.2 Å². The first-order valence-electron chi connectivity index (χ1n) is 3.11. The second-order valence-corrected chi connectivity index (χ2v) is 2.68. The summed E-state index contributed by atoms with van der Waals surface area (Å²) in [6.07, 6.45) is -3.66. The number of rotatable bonds is 0. The normalized spacial score (nSPS) is 11.0. The van der Waals surface area contributed by atoms with Gasteiger partial charge < -0.3 is 0 Å². The minimum absolute atomic E-state index is 0.0537. The van der Waals surface area contributed by atoms with Crippen molar-refractivity contribution in [2.75, 3.05) is 0 Å². The van der Waals surface area contributed by atoms with Gasteiger partial charge in [-0.3, -0.25) is 0 Å². The minimum Gasteiger partial charge on any atom is -0.249 e. The van der Waals surface area contributed by atoms with Gasteiger partial charge in [0.2, 0.25) is 0 Å². The van der Waals surface area contributed by atoms with Gasteiger partial charge in [-0.25, -0.2) is 4.98 Å². The number of halogens is 3. The Balaban J connectivity index is 3.23. The van der Waals surface area contributed by atoms with E-state index >= 15 is 0 Å². The molecule has 1 heterocycles. The van der Waals surface area contributed by atoms with E-state index in [1.165, 1.54) is 0 Å². The van der Waals surface area contributed by atoms with Crippen molar-refractivity contribution in [3.05, 3.63) is 23.5 Å². The first-order chi connectivity index (χ1) is 5.95. The molecule has 0 N–H and O–H groups in total. The van der Waals surface area contributed by atoms with Crippen molar-refractivity contribution >= 4 is 12.6 Å². The predicted molar refractivity (Wildman–Crippen MR) is 41.2 cm³/mol. The molecule has 13 heavy (non-hydrogen) atoms. The quantitative estimate of drug-likeness (QED) is 0.658. The molecule has 0 bridgehead atoms. The Kier molecular flexibility index (Phi) is 2.48. The molecular formula is C7H3F3N2S. The summed E-state index contributed by atoms with van der Waals surface area (Å²) in [6.45, 7) is 0. The number of hydrogen-bond acceptors (Lipinski definition) is 3. The summed E-state index contributed by atoms with van der Waals surface area (Å²) in [4.78, 5) is 2.76. The highest BCUT2D eigenvalue weighted by Gasteiger charge is 2.34. The van der Waals surface area contributed by atoms with Crippen molar-refractivity contribution in [1.29, 1.82) is 5.26 Å². The van der Waals surface area contributed by atoms with Crippen LogP contribution < -0.4 is 0 Å². The Morgan fingerprint density at radius 1 is 1.46 bits per heavy atom. The zero-order valence-electron chi connectivity index (χ0n) is 6.13. The number of pyridine rings is 1. The molecular weight excluding hydrogens is 201 g/mol. The Labute approximate surface area is 77.4 Å². The molecule has 68 valence electrons. The second kappa shape index (κ2) is 3.26. The molecule has 0 atom stereocenters. The van der Waals surface area contributed by atoms with Crippen LogP contribution in [0.25, 0.3) is 0 Å². The molecule has 1 rings (SSSR count). The van der Waals surface area contributed by atoms with Gasteiger partial charge in [-0.05, 0) is 6.07 Å². The van der Waals surface area contributed by atoms with Gasteiger partial charge >= 0.3 is 6.18 Å². The lowest BCUT2D eigenvalue weighted by Crippen LogP contribution is -2.09. The van der Waals surface area contributed by atoms with E-state index in [9.17, 15) is 13.2 Å². The van der Waals surface area contributed by atoms with Crippen LogP contribution in [0.2, 0.25) is 0 Å².